The van der Waals surface area contributed by atoms with Crippen molar-refractivity contribution in [3.8, 4) is 0 Å². The van der Waals surface area contributed by atoms with E-state index in [2.05, 4.69) is 22.1 Å². The first kappa shape index (κ1) is 19.4. The number of para-hydroxylation sites is 1. The lowest BCUT2D eigenvalue weighted by Crippen LogP contribution is -2.34. The Labute approximate surface area is 170 Å². The number of fused-ring (bicyclic) bond motifs is 1. The van der Waals surface area contributed by atoms with E-state index in [1.165, 1.54) is 0 Å². The van der Waals surface area contributed by atoms with E-state index in [-0.39, 0.29) is 0 Å². The second kappa shape index (κ2) is 8.59. The quantitative estimate of drug-likeness (QED) is 0.497. The Hall–Kier alpha value is -2.96. The van der Waals surface area contributed by atoms with Crippen LogP contribution in [0.1, 0.15) is 22.8 Å². The number of hydrogen-bond acceptors (Lipinski definition) is 5. The van der Waals surface area contributed by atoms with Gasteiger partial charge in [-0.2, -0.15) is 5.10 Å². The van der Waals surface area contributed by atoms with Gasteiger partial charge in [-0.3, -0.25) is 14.6 Å². The molecular weight excluding hydrogens is 364 g/mol. The van der Waals surface area contributed by atoms with Crippen LogP contribution in [-0.4, -0.2) is 37.4 Å². The molecule has 0 spiro atoms. The summed E-state index contributed by atoms with van der Waals surface area (Å²) in [5, 5.41) is 16.3. The second-order valence-electron chi connectivity index (χ2n) is 7.51. The highest BCUT2D eigenvalue weighted by Gasteiger charge is 2.17. The van der Waals surface area contributed by atoms with Gasteiger partial charge in [-0.25, -0.2) is 0 Å². The maximum Gasteiger partial charge on any atom is 0.117 e. The van der Waals surface area contributed by atoms with Crippen LogP contribution in [0.4, 0.5) is 0 Å². The predicted molar refractivity (Wildman–Crippen MR) is 112 cm³/mol. The highest BCUT2D eigenvalue weighted by molar-refractivity contribution is 5.78. The molecule has 4 rings (SSSR count). The summed E-state index contributed by atoms with van der Waals surface area (Å²) in [5.74, 6) is 0.865. The first-order valence-corrected chi connectivity index (χ1v) is 9.85. The van der Waals surface area contributed by atoms with E-state index in [4.69, 9.17) is 9.40 Å². The fraction of sp³-hybridized carbons (Fsp3) is 0.304. The zero-order chi connectivity index (χ0) is 20.2. The summed E-state index contributed by atoms with van der Waals surface area (Å²) in [6.07, 6.45) is 1.12. The van der Waals surface area contributed by atoms with E-state index in [0.717, 1.165) is 33.7 Å². The molecule has 1 aromatic carbocycles. The van der Waals surface area contributed by atoms with Gasteiger partial charge in [-0.15, -0.1) is 0 Å². The topological polar surface area (TPSA) is 67.3 Å². The van der Waals surface area contributed by atoms with Gasteiger partial charge in [-0.05, 0) is 44.2 Å². The van der Waals surface area contributed by atoms with Crippen LogP contribution in [0.5, 0.6) is 0 Å². The van der Waals surface area contributed by atoms with Crippen LogP contribution in [0.15, 0.2) is 65.3 Å². The highest BCUT2D eigenvalue weighted by atomic mass is 16.3. The molecule has 1 N–H and O–H groups in total. The van der Waals surface area contributed by atoms with E-state index in [0.29, 0.717) is 26.2 Å². The standard InChI is InChI=1S/C23H26N4O2/c1-17-12-18(2)27(25-17)15-21(28)14-26(16-22-7-5-11-29-22)13-20-10-9-19-6-3-4-8-23(19)24-20/h3-12,21,28H,13-16H2,1-2H3/t21-/m1/s1. The zero-order valence-corrected chi connectivity index (χ0v) is 16.8. The molecule has 0 saturated carbocycles. The van der Waals surface area contributed by atoms with Gasteiger partial charge in [0.2, 0.25) is 0 Å². The minimum atomic E-state index is -0.552. The number of nitrogens with zero attached hydrogens (tertiary/aromatic N) is 4. The van der Waals surface area contributed by atoms with Crippen LogP contribution in [0, 0.1) is 13.8 Å². The van der Waals surface area contributed by atoms with Crippen molar-refractivity contribution in [3.05, 3.63) is 83.7 Å². The van der Waals surface area contributed by atoms with Gasteiger partial charge in [0, 0.05) is 24.2 Å². The lowest BCUT2D eigenvalue weighted by Gasteiger charge is -2.24. The molecule has 3 aromatic heterocycles. The monoisotopic (exact) mass is 390 g/mol. The lowest BCUT2D eigenvalue weighted by atomic mass is 10.2. The average Bonchev–Trinajstić information content (AvgIpc) is 3.31. The fourth-order valence-electron chi connectivity index (χ4n) is 3.65. The molecule has 0 aliphatic heterocycles. The Morgan fingerprint density at radius 1 is 1.07 bits per heavy atom. The summed E-state index contributed by atoms with van der Waals surface area (Å²) in [4.78, 5) is 6.94. The summed E-state index contributed by atoms with van der Waals surface area (Å²) in [7, 11) is 0. The number of aryl methyl sites for hydroxylation is 2. The smallest absolute Gasteiger partial charge is 0.117 e. The van der Waals surface area contributed by atoms with Gasteiger partial charge in [-0.1, -0.05) is 24.3 Å². The Morgan fingerprint density at radius 3 is 2.69 bits per heavy atom. The number of hydrogen-bond donors (Lipinski definition) is 1. The van der Waals surface area contributed by atoms with E-state index in [1.807, 2.05) is 61.0 Å². The van der Waals surface area contributed by atoms with E-state index in [1.54, 1.807) is 6.26 Å². The second-order valence-corrected chi connectivity index (χ2v) is 7.51. The van der Waals surface area contributed by atoms with Crippen LogP contribution in [0.25, 0.3) is 10.9 Å². The molecular formula is C23H26N4O2. The molecule has 6 heteroatoms. The molecule has 0 radical (unpaired) electrons. The maximum absolute atomic E-state index is 10.7. The van der Waals surface area contributed by atoms with Gasteiger partial charge < -0.3 is 9.52 Å². The molecule has 4 aromatic rings. The number of benzene rings is 1. The first-order chi connectivity index (χ1) is 14.1. The SMILES string of the molecule is Cc1cc(C)n(C[C@H](O)CN(Cc2ccc3ccccc3n2)Cc2ccco2)n1. The largest absolute Gasteiger partial charge is 0.468 e. The summed E-state index contributed by atoms with van der Waals surface area (Å²) in [5.41, 5.74) is 3.96. The van der Waals surface area contributed by atoms with E-state index < -0.39 is 6.10 Å². The summed E-state index contributed by atoms with van der Waals surface area (Å²) in [6.45, 7) is 6.15. The van der Waals surface area contributed by atoms with Crippen LogP contribution in [0.3, 0.4) is 0 Å². The fourth-order valence-corrected chi connectivity index (χ4v) is 3.65. The molecule has 0 unspecified atom stereocenters. The van der Waals surface area contributed by atoms with Gasteiger partial charge in [0.05, 0.1) is 42.4 Å². The van der Waals surface area contributed by atoms with E-state index >= 15 is 0 Å². The highest BCUT2D eigenvalue weighted by Crippen LogP contribution is 2.15. The van der Waals surface area contributed by atoms with Crippen LogP contribution in [0.2, 0.25) is 0 Å². The Balaban J connectivity index is 1.49. The third-order valence-corrected chi connectivity index (χ3v) is 4.96. The van der Waals surface area contributed by atoms with E-state index in [9.17, 15) is 5.11 Å². The predicted octanol–water partition coefficient (Wildman–Crippen LogP) is 3.70. The van der Waals surface area contributed by atoms with Gasteiger partial charge >= 0.3 is 0 Å². The molecule has 150 valence electrons. The van der Waals surface area contributed by atoms with Crippen molar-refractivity contribution in [3.63, 3.8) is 0 Å². The Morgan fingerprint density at radius 2 is 1.93 bits per heavy atom. The van der Waals surface area contributed by atoms with Crippen molar-refractivity contribution in [2.45, 2.75) is 39.6 Å². The summed E-state index contributed by atoms with van der Waals surface area (Å²) >= 11 is 0. The molecule has 0 fully saturated rings. The summed E-state index contributed by atoms with van der Waals surface area (Å²) < 4.78 is 7.39. The number of furan rings is 1. The maximum atomic E-state index is 10.7. The molecule has 29 heavy (non-hydrogen) atoms. The van der Waals surface area contributed by atoms with Gasteiger partial charge in [0.15, 0.2) is 0 Å². The van der Waals surface area contributed by atoms with Gasteiger partial charge in [0.1, 0.15) is 5.76 Å². The number of aromatic nitrogens is 3. The molecule has 0 aliphatic carbocycles. The molecule has 0 amide bonds. The van der Waals surface area contributed by atoms with Crippen molar-refractivity contribution in [2.24, 2.45) is 0 Å². The third kappa shape index (κ3) is 4.91. The van der Waals surface area contributed by atoms with Crippen molar-refractivity contribution >= 4 is 10.9 Å². The average molecular weight is 390 g/mol. The lowest BCUT2D eigenvalue weighted by molar-refractivity contribution is 0.0833. The van der Waals surface area contributed by atoms with Crippen molar-refractivity contribution in [1.82, 2.24) is 19.7 Å². The van der Waals surface area contributed by atoms with Crippen LogP contribution in [-0.2, 0) is 19.6 Å². The normalized spacial score (nSPS) is 12.7. The minimum Gasteiger partial charge on any atom is -0.468 e. The minimum absolute atomic E-state index is 0.458. The van der Waals surface area contributed by atoms with Gasteiger partial charge in [0.25, 0.3) is 0 Å². The molecule has 0 bridgehead atoms. The third-order valence-electron chi connectivity index (χ3n) is 4.96. The number of pyridine rings is 1. The van der Waals surface area contributed by atoms with Crippen molar-refractivity contribution in [2.75, 3.05) is 6.54 Å². The zero-order valence-electron chi connectivity index (χ0n) is 16.8. The molecule has 6 nitrogen and oxygen atoms in total. The van der Waals surface area contributed by atoms with Crippen molar-refractivity contribution < 1.29 is 9.52 Å². The number of aliphatic hydroxyl groups is 1. The first-order valence-electron chi connectivity index (χ1n) is 9.85. The summed E-state index contributed by atoms with van der Waals surface area (Å²) in [6, 6.07) is 18.1. The number of aliphatic hydroxyl groups excluding tert-OH is 1. The number of rotatable bonds is 8. The van der Waals surface area contributed by atoms with Crippen LogP contribution < -0.4 is 0 Å². The Bertz CT molecular complexity index is 1070. The van der Waals surface area contributed by atoms with Crippen molar-refractivity contribution in [1.29, 1.82) is 0 Å². The molecule has 0 saturated heterocycles. The molecule has 1 atom stereocenters. The Kier molecular flexibility index (Phi) is 5.74. The molecule has 0 aliphatic rings. The van der Waals surface area contributed by atoms with Crippen LogP contribution >= 0.6 is 0 Å². The molecule has 3 heterocycles.